The summed E-state index contributed by atoms with van der Waals surface area (Å²) in [6.07, 6.45) is -0.688. The smallest absolute Gasteiger partial charge is 0.438 e. The molecule has 0 bridgehead atoms. The average Bonchev–Trinajstić information content (AvgIpc) is 2.18. The van der Waals surface area contributed by atoms with Gasteiger partial charge < -0.3 is 18.9 Å². The van der Waals surface area contributed by atoms with Crippen molar-refractivity contribution in [1.29, 1.82) is 0 Å². The minimum absolute atomic E-state index is 0.0648. The fraction of sp³-hybridized carbons (Fsp3) is 0.875. The molecule has 5 heteroatoms. The zero-order valence-electron chi connectivity index (χ0n) is 8.83. The summed E-state index contributed by atoms with van der Waals surface area (Å²) in [5, 5.41) is 0. The topological polar surface area (TPSA) is 54.0 Å². The first-order chi connectivity index (χ1) is 6.12. The average molecular weight is 194 g/mol. The highest BCUT2D eigenvalue weighted by molar-refractivity contribution is 5.59. The third kappa shape index (κ3) is 14.1. The van der Waals surface area contributed by atoms with Crippen molar-refractivity contribution in [3.63, 3.8) is 0 Å². The molecule has 80 valence electrons. The molecule has 0 amide bonds. The van der Waals surface area contributed by atoms with Crippen LogP contribution < -0.4 is 0 Å². The van der Waals surface area contributed by atoms with Gasteiger partial charge in [-0.3, -0.25) is 0 Å². The second-order valence-electron chi connectivity index (χ2n) is 1.93. The molecule has 0 aromatic heterocycles. The maximum absolute atomic E-state index is 9.97. The van der Waals surface area contributed by atoms with Gasteiger partial charge in [0.25, 0.3) is 0 Å². The van der Waals surface area contributed by atoms with Gasteiger partial charge in [0.05, 0.1) is 13.7 Å². The Morgan fingerprint density at radius 2 is 1.69 bits per heavy atom. The molecule has 0 aromatic rings. The molecule has 0 fully saturated rings. The van der Waals surface area contributed by atoms with E-state index >= 15 is 0 Å². The van der Waals surface area contributed by atoms with E-state index < -0.39 is 6.16 Å². The van der Waals surface area contributed by atoms with Crippen LogP contribution in [0.5, 0.6) is 0 Å². The Morgan fingerprint density at radius 1 is 1.23 bits per heavy atom. The Hall–Kier alpha value is -0.810. The lowest BCUT2D eigenvalue weighted by Gasteiger charge is -2.03. The van der Waals surface area contributed by atoms with Crippen molar-refractivity contribution in [3.05, 3.63) is 0 Å². The molecule has 0 aliphatic rings. The summed E-state index contributed by atoms with van der Waals surface area (Å²) in [6.45, 7) is 3.92. The van der Waals surface area contributed by atoms with E-state index in [-0.39, 0.29) is 6.29 Å². The van der Waals surface area contributed by atoms with E-state index in [1.807, 2.05) is 6.92 Å². The van der Waals surface area contributed by atoms with Crippen molar-refractivity contribution in [1.82, 2.24) is 0 Å². The summed E-state index contributed by atoms with van der Waals surface area (Å²) in [7, 11) is 4.49. The molecule has 0 aliphatic carbocycles. The Labute approximate surface area is 78.9 Å². The van der Waals surface area contributed by atoms with Crippen LogP contribution in [0.25, 0.3) is 0 Å². The molecule has 0 spiro atoms. The lowest BCUT2D eigenvalue weighted by Crippen LogP contribution is -2.05. The van der Waals surface area contributed by atoms with Crippen molar-refractivity contribution in [2.45, 2.75) is 20.1 Å². The van der Waals surface area contributed by atoms with Gasteiger partial charge in [-0.1, -0.05) is 0 Å². The molecule has 0 saturated heterocycles. The fourth-order valence-electron chi connectivity index (χ4n) is 0.273. The lowest BCUT2D eigenvalue weighted by atomic mass is 10.8. The van der Waals surface area contributed by atoms with Crippen molar-refractivity contribution >= 4 is 6.16 Å². The van der Waals surface area contributed by atoms with Crippen LogP contribution in [0.2, 0.25) is 0 Å². The fourth-order valence-corrected chi connectivity index (χ4v) is 0.273. The van der Waals surface area contributed by atoms with Crippen LogP contribution >= 0.6 is 0 Å². The van der Waals surface area contributed by atoms with Gasteiger partial charge in [-0.25, -0.2) is 4.79 Å². The maximum Gasteiger partial charge on any atom is 0.507 e. The first-order valence-electron chi connectivity index (χ1n) is 3.88. The highest BCUT2D eigenvalue weighted by atomic mass is 16.7. The third-order valence-electron chi connectivity index (χ3n) is 1.09. The summed E-state index contributed by atoms with van der Waals surface area (Å²) < 4.78 is 17.8. The highest BCUT2D eigenvalue weighted by Crippen LogP contribution is 1.83. The Bertz CT molecular complexity index is 111. The Kier molecular flexibility index (Phi) is 12.7. The molecule has 0 atom stereocenters. The van der Waals surface area contributed by atoms with Crippen molar-refractivity contribution in [2.24, 2.45) is 0 Å². The quantitative estimate of drug-likeness (QED) is 0.502. The van der Waals surface area contributed by atoms with Crippen LogP contribution in [0.15, 0.2) is 0 Å². The van der Waals surface area contributed by atoms with Crippen molar-refractivity contribution in [2.75, 3.05) is 27.9 Å². The largest absolute Gasteiger partial charge is 0.507 e. The highest BCUT2D eigenvalue weighted by Gasteiger charge is 1.92. The molecule has 0 heterocycles. The second kappa shape index (κ2) is 11.2. The third-order valence-corrected chi connectivity index (χ3v) is 1.09. The van der Waals surface area contributed by atoms with Crippen LogP contribution in [-0.4, -0.2) is 40.4 Å². The monoisotopic (exact) mass is 194 g/mol. The molecule has 0 N–H and O–H groups in total. The minimum atomic E-state index is -0.623. The molecule has 13 heavy (non-hydrogen) atoms. The molecule has 0 aromatic carbocycles. The summed E-state index contributed by atoms with van der Waals surface area (Å²) >= 11 is 0. The van der Waals surface area contributed by atoms with Crippen molar-refractivity contribution in [3.8, 4) is 0 Å². The first-order valence-corrected chi connectivity index (χ1v) is 3.88. The maximum atomic E-state index is 9.97. The van der Waals surface area contributed by atoms with Gasteiger partial charge >= 0.3 is 6.16 Å². The van der Waals surface area contributed by atoms with E-state index in [4.69, 9.17) is 0 Å². The standard InChI is InChI=1S/C4H8O3.C4H10O2/c1-3-7-4(5)6-2;1-4(5-2)6-3/h3H2,1-2H3;4H,1-3H3. The number of hydrogen-bond donors (Lipinski definition) is 0. The molecular formula is C8H18O5. The molecular weight excluding hydrogens is 176 g/mol. The van der Waals surface area contributed by atoms with E-state index in [1.165, 1.54) is 7.11 Å². The number of methoxy groups -OCH3 is 3. The molecule has 0 saturated carbocycles. The van der Waals surface area contributed by atoms with Gasteiger partial charge in [-0.2, -0.15) is 0 Å². The first kappa shape index (κ1) is 14.7. The summed E-state index contributed by atoms with van der Waals surface area (Å²) in [5.41, 5.74) is 0. The predicted octanol–water partition coefficient (Wildman–Crippen LogP) is 1.41. The Morgan fingerprint density at radius 3 is 1.77 bits per heavy atom. The molecule has 5 nitrogen and oxygen atoms in total. The summed E-state index contributed by atoms with van der Waals surface area (Å²) in [5.74, 6) is 0. The second-order valence-corrected chi connectivity index (χ2v) is 1.93. The number of hydrogen-bond acceptors (Lipinski definition) is 5. The normalized spacial score (nSPS) is 8.77. The molecule has 0 unspecified atom stereocenters. The van der Waals surface area contributed by atoms with Crippen LogP contribution in [0, 0.1) is 0 Å². The molecule has 0 radical (unpaired) electrons. The van der Waals surface area contributed by atoms with Crippen LogP contribution in [0.3, 0.4) is 0 Å². The molecule has 0 rings (SSSR count). The van der Waals surface area contributed by atoms with E-state index in [0.717, 1.165) is 0 Å². The summed E-state index contributed by atoms with van der Waals surface area (Å²) in [4.78, 5) is 9.97. The number of rotatable bonds is 3. The van der Waals surface area contributed by atoms with E-state index in [2.05, 4.69) is 18.9 Å². The number of ether oxygens (including phenoxy) is 4. The van der Waals surface area contributed by atoms with E-state index in [9.17, 15) is 4.79 Å². The van der Waals surface area contributed by atoms with Crippen molar-refractivity contribution < 1.29 is 23.7 Å². The van der Waals surface area contributed by atoms with Gasteiger partial charge in [0.2, 0.25) is 0 Å². The zero-order valence-corrected chi connectivity index (χ0v) is 8.83. The predicted molar refractivity (Wildman–Crippen MR) is 47.5 cm³/mol. The number of carbonyl (C=O) groups excluding carboxylic acids is 1. The van der Waals surface area contributed by atoms with Gasteiger partial charge in [-0.15, -0.1) is 0 Å². The zero-order chi connectivity index (χ0) is 10.7. The SMILES string of the molecule is CCOC(=O)OC.COC(C)OC. The van der Waals surface area contributed by atoms with Crippen LogP contribution in [0.1, 0.15) is 13.8 Å². The minimum Gasteiger partial charge on any atom is -0.438 e. The summed E-state index contributed by atoms with van der Waals surface area (Å²) in [6, 6.07) is 0. The Balaban J connectivity index is 0. The van der Waals surface area contributed by atoms with Crippen LogP contribution in [0.4, 0.5) is 4.79 Å². The van der Waals surface area contributed by atoms with Gasteiger partial charge in [0, 0.05) is 14.2 Å². The number of carbonyl (C=O) groups is 1. The molecule has 0 aliphatic heterocycles. The van der Waals surface area contributed by atoms with Crippen LogP contribution in [-0.2, 0) is 18.9 Å². The van der Waals surface area contributed by atoms with Gasteiger partial charge in [0.1, 0.15) is 0 Å². The van der Waals surface area contributed by atoms with E-state index in [0.29, 0.717) is 6.61 Å². The van der Waals surface area contributed by atoms with Gasteiger partial charge in [-0.05, 0) is 13.8 Å². The van der Waals surface area contributed by atoms with Gasteiger partial charge in [0.15, 0.2) is 6.29 Å². The van der Waals surface area contributed by atoms with E-state index in [1.54, 1.807) is 21.1 Å². The lowest BCUT2D eigenvalue weighted by molar-refractivity contribution is -0.0877.